The van der Waals surface area contributed by atoms with Crippen LogP contribution in [0.15, 0.2) is 77.4 Å². The molecule has 3 aromatic carbocycles. The van der Waals surface area contributed by atoms with Gasteiger partial charge in [0.25, 0.3) is 5.91 Å². The third-order valence-corrected chi connectivity index (χ3v) is 5.31. The lowest BCUT2D eigenvalue weighted by molar-refractivity contribution is -0.113. The first-order chi connectivity index (χ1) is 16.2. The Morgan fingerprint density at radius 1 is 1.03 bits per heavy atom. The van der Waals surface area contributed by atoms with E-state index in [1.54, 1.807) is 18.1 Å². The zero-order valence-corrected chi connectivity index (χ0v) is 18.3. The number of ether oxygens (including phenoxy) is 4. The second-order valence-corrected chi connectivity index (χ2v) is 7.35. The highest BCUT2D eigenvalue weighted by atomic mass is 16.7. The van der Waals surface area contributed by atoms with E-state index in [0.717, 1.165) is 16.9 Å². The van der Waals surface area contributed by atoms with Gasteiger partial charge in [-0.05, 0) is 67.1 Å². The molecule has 0 fully saturated rings. The van der Waals surface area contributed by atoms with Gasteiger partial charge in [0, 0.05) is 0 Å². The Bertz CT molecular complexity index is 1260. The minimum Gasteiger partial charge on any atom is -0.496 e. The molecule has 0 spiro atoms. The number of benzene rings is 3. The quantitative estimate of drug-likeness (QED) is 0.520. The van der Waals surface area contributed by atoms with E-state index in [0.29, 0.717) is 41.1 Å². The lowest BCUT2D eigenvalue weighted by atomic mass is 10.1. The first-order valence-corrected chi connectivity index (χ1v) is 10.6. The van der Waals surface area contributed by atoms with Crippen LogP contribution in [0.5, 0.6) is 23.0 Å². The van der Waals surface area contributed by atoms with Crippen molar-refractivity contribution < 1.29 is 23.7 Å². The van der Waals surface area contributed by atoms with Crippen molar-refractivity contribution in [2.75, 3.05) is 25.4 Å². The van der Waals surface area contributed by atoms with Gasteiger partial charge in [-0.25, -0.2) is 4.99 Å². The maximum Gasteiger partial charge on any atom is 0.282 e. The number of aliphatic imine (C=N–C) groups is 1. The number of hydrogen-bond donors (Lipinski definition) is 0. The topological polar surface area (TPSA) is 69.6 Å². The predicted octanol–water partition coefficient (Wildman–Crippen LogP) is 4.66. The van der Waals surface area contributed by atoms with Crippen LogP contribution >= 0.6 is 0 Å². The normalized spacial score (nSPS) is 15.7. The van der Waals surface area contributed by atoms with Crippen molar-refractivity contribution in [3.8, 4) is 23.0 Å². The van der Waals surface area contributed by atoms with Crippen molar-refractivity contribution in [2.24, 2.45) is 4.99 Å². The molecule has 0 aromatic heterocycles. The number of fused-ring (bicyclic) bond motifs is 1. The fourth-order valence-electron chi connectivity index (χ4n) is 3.79. The maximum atomic E-state index is 13.6. The summed E-state index contributed by atoms with van der Waals surface area (Å²) in [5, 5.41) is 0. The molecular weight excluding hydrogens is 420 g/mol. The highest BCUT2D eigenvalue weighted by molar-refractivity contribution is 6.33. The van der Waals surface area contributed by atoms with E-state index in [1.165, 1.54) is 0 Å². The second-order valence-electron chi connectivity index (χ2n) is 7.35. The molecule has 2 heterocycles. The summed E-state index contributed by atoms with van der Waals surface area (Å²) in [6.45, 7) is 2.69. The third kappa shape index (κ3) is 3.89. The molecule has 5 rings (SSSR count). The number of carbonyl (C=O) groups is 1. The number of amidine groups is 1. The monoisotopic (exact) mass is 442 g/mol. The Labute approximate surface area is 191 Å². The van der Waals surface area contributed by atoms with Crippen LogP contribution in [-0.4, -0.2) is 32.3 Å². The van der Waals surface area contributed by atoms with Crippen LogP contribution in [0.4, 0.5) is 5.69 Å². The minimum absolute atomic E-state index is 0.190. The fraction of sp³-hybridized carbons (Fsp3) is 0.154. The Kier molecular flexibility index (Phi) is 5.44. The van der Waals surface area contributed by atoms with Crippen LogP contribution in [0.2, 0.25) is 0 Å². The maximum absolute atomic E-state index is 13.6. The molecule has 7 nitrogen and oxygen atoms in total. The van der Waals surface area contributed by atoms with Crippen LogP contribution in [0.1, 0.15) is 18.1 Å². The zero-order chi connectivity index (χ0) is 22.8. The average molecular weight is 442 g/mol. The highest BCUT2D eigenvalue weighted by Gasteiger charge is 2.34. The number of hydrogen-bond acceptors (Lipinski definition) is 6. The Hall–Kier alpha value is -4.26. The summed E-state index contributed by atoms with van der Waals surface area (Å²) in [6, 6.07) is 20.4. The Balaban J connectivity index is 1.58. The zero-order valence-electron chi connectivity index (χ0n) is 18.3. The molecule has 0 atom stereocenters. The van der Waals surface area contributed by atoms with Crippen molar-refractivity contribution in [2.45, 2.75) is 6.92 Å². The molecule has 1 amide bonds. The largest absolute Gasteiger partial charge is 0.496 e. The summed E-state index contributed by atoms with van der Waals surface area (Å²) in [7, 11) is 1.60. The smallest absolute Gasteiger partial charge is 0.282 e. The van der Waals surface area contributed by atoms with E-state index in [-0.39, 0.29) is 12.7 Å². The number of rotatable bonds is 6. The molecule has 0 saturated carbocycles. The second kappa shape index (κ2) is 8.70. The van der Waals surface area contributed by atoms with Gasteiger partial charge in [0.2, 0.25) is 6.79 Å². The fourth-order valence-corrected chi connectivity index (χ4v) is 3.79. The van der Waals surface area contributed by atoms with Gasteiger partial charge < -0.3 is 18.9 Å². The summed E-state index contributed by atoms with van der Waals surface area (Å²) in [5.74, 6) is 2.95. The highest BCUT2D eigenvalue weighted by Crippen LogP contribution is 2.35. The first kappa shape index (κ1) is 20.6. The average Bonchev–Trinajstić information content (AvgIpc) is 3.44. The number of nitrogens with zero attached hydrogens (tertiary/aromatic N) is 2. The van der Waals surface area contributed by atoms with Gasteiger partial charge in [-0.15, -0.1) is 0 Å². The molecule has 0 unspecified atom stereocenters. The molecule has 3 aromatic rings. The molecule has 0 saturated heterocycles. The molecule has 0 bridgehead atoms. The molecule has 33 heavy (non-hydrogen) atoms. The number of anilines is 1. The van der Waals surface area contributed by atoms with Crippen LogP contribution in [0.3, 0.4) is 0 Å². The van der Waals surface area contributed by atoms with E-state index in [2.05, 4.69) is 0 Å². The van der Waals surface area contributed by atoms with E-state index < -0.39 is 0 Å². The summed E-state index contributed by atoms with van der Waals surface area (Å²) >= 11 is 0. The molecule has 0 N–H and O–H groups in total. The van der Waals surface area contributed by atoms with E-state index >= 15 is 0 Å². The summed E-state index contributed by atoms with van der Waals surface area (Å²) in [5.41, 5.74) is 2.50. The third-order valence-electron chi connectivity index (χ3n) is 5.31. The van der Waals surface area contributed by atoms with Crippen LogP contribution in [0.25, 0.3) is 6.08 Å². The van der Waals surface area contributed by atoms with Crippen molar-refractivity contribution in [1.82, 2.24) is 0 Å². The lowest BCUT2D eigenvalue weighted by Gasteiger charge is -2.20. The first-order valence-electron chi connectivity index (χ1n) is 10.6. The van der Waals surface area contributed by atoms with Crippen LogP contribution < -0.4 is 23.8 Å². The molecule has 0 aliphatic carbocycles. The van der Waals surface area contributed by atoms with Gasteiger partial charge >= 0.3 is 0 Å². The summed E-state index contributed by atoms with van der Waals surface area (Å²) < 4.78 is 21.9. The molecule has 166 valence electrons. The van der Waals surface area contributed by atoms with Gasteiger partial charge in [-0.3, -0.25) is 9.69 Å². The van der Waals surface area contributed by atoms with E-state index in [9.17, 15) is 4.79 Å². The van der Waals surface area contributed by atoms with Gasteiger partial charge in [0.15, 0.2) is 17.3 Å². The van der Waals surface area contributed by atoms with Crippen molar-refractivity contribution in [3.05, 3.63) is 83.6 Å². The van der Waals surface area contributed by atoms with Gasteiger partial charge in [-0.1, -0.05) is 18.2 Å². The Morgan fingerprint density at radius 3 is 2.61 bits per heavy atom. The molecule has 7 heteroatoms. The lowest BCUT2D eigenvalue weighted by Crippen LogP contribution is -2.32. The molecule has 0 radical (unpaired) electrons. The summed E-state index contributed by atoms with van der Waals surface area (Å²) in [6.07, 6.45) is 1.74. The number of carbonyl (C=O) groups excluding carboxylic acids is 1. The predicted molar refractivity (Wildman–Crippen MR) is 125 cm³/mol. The van der Waals surface area contributed by atoms with Crippen molar-refractivity contribution >= 4 is 23.5 Å². The van der Waals surface area contributed by atoms with Crippen molar-refractivity contribution in [3.63, 3.8) is 0 Å². The van der Waals surface area contributed by atoms with Crippen molar-refractivity contribution in [1.29, 1.82) is 0 Å². The Morgan fingerprint density at radius 2 is 1.82 bits per heavy atom. The molecule has 2 aliphatic heterocycles. The summed E-state index contributed by atoms with van der Waals surface area (Å²) in [4.78, 5) is 19.9. The number of para-hydroxylation sites is 1. The molecular formula is C26H22N2O5. The van der Waals surface area contributed by atoms with Gasteiger partial charge in [-0.2, -0.15) is 0 Å². The number of amides is 1. The number of methoxy groups -OCH3 is 1. The van der Waals surface area contributed by atoms with E-state index in [1.807, 2.05) is 73.7 Å². The van der Waals surface area contributed by atoms with Gasteiger partial charge in [0.1, 0.15) is 17.2 Å². The van der Waals surface area contributed by atoms with Crippen LogP contribution in [-0.2, 0) is 4.79 Å². The van der Waals surface area contributed by atoms with Crippen LogP contribution in [0, 0.1) is 0 Å². The standard InChI is InChI=1S/C26H22N2O5/c1-3-31-19-11-9-18(10-12-19)28-25(20-6-4-5-7-22(20)30-2)27-21(26(28)29)14-17-8-13-23-24(15-17)33-16-32-23/h4-15H,3,16H2,1-2H3/b21-14+. The molecule has 2 aliphatic rings. The van der Waals surface area contributed by atoms with Gasteiger partial charge in [0.05, 0.1) is 25.0 Å². The SMILES string of the molecule is CCOc1ccc(N2C(=O)/C(=C\c3ccc4c(c3)OCO4)N=C2c2ccccc2OC)cc1. The van der Waals surface area contributed by atoms with E-state index in [4.69, 9.17) is 23.9 Å². The minimum atomic E-state index is -0.238.